The molecule has 3 heterocycles. The first-order valence-electron chi connectivity index (χ1n) is 8.15. The lowest BCUT2D eigenvalue weighted by atomic mass is 10.0. The van der Waals surface area contributed by atoms with Crippen molar-refractivity contribution in [1.29, 1.82) is 0 Å². The molecule has 2 aliphatic rings. The lowest BCUT2D eigenvalue weighted by Crippen LogP contribution is -2.48. The number of rotatable bonds is 4. The summed E-state index contributed by atoms with van der Waals surface area (Å²) in [5.74, 6) is 0.624. The number of hydrogen-bond donors (Lipinski definition) is 1. The van der Waals surface area contributed by atoms with Crippen LogP contribution in [-0.4, -0.2) is 53.7 Å². The Bertz CT molecular complexity index is 506. The average Bonchev–Trinajstić information content (AvgIpc) is 2.89. The number of morpholine rings is 1. The largest absolute Gasteiger partial charge is 0.375 e. The number of pyridine rings is 1. The Labute approximate surface area is 132 Å². The summed E-state index contributed by atoms with van der Waals surface area (Å²) in [6.07, 6.45) is 5.19. The molecule has 0 spiro atoms. The zero-order valence-corrected chi connectivity index (χ0v) is 13.4. The topological polar surface area (TPSA) is 54.5 Å². The fourth-order valence-electron chi connectivity index (χ4n) is 3.37. The molecule has 2 fully saturated rings. The quantitative estimate of drug-likeness (QED) is 0.909. The van der Waals surface area contributed by atoms with Crippen LogP contribution in [0.15, 0.2) is 24.5 Å². The van der Waals surface area contributed by atoms with Crippen molar-refractivity contribution in [2.75, 3.05) is 19.7 Å². The van der Waals surface area contributed by atoms with E-state index in [1.165, 1.54) is 0 Å². The van der Waals surface area contributed by atoms with E-state index < -0.39 is 0 Å². The maximum absolute atomic E-state index is 12.2. The van der Waals surface area contributed by atoms with Crippen molar-refractivity contribution in [2.45, 2.75) is 44.9 Å². The summed E-state index contributed by atoms with van der Waals surface area (Å²) < 4.78 is 5.94. The Morgan fingerprint density at radius 3 is 3.09 bits per heavy atom. The molecule has 3 atom stereocenters. The molecule has 0 bridgehead atoms. The van der Waals surface area contributed by atoms with E-state index in [0.29, 0.717) is 24.5 Å². The van der Waals surface area contributed by atoms with Gasteiger partial charge in [0, 0.05) is 37.6 Å². The second-order valence-corrected chi connectivity index (χ2v) is 6.76. The first-order chi connectivity index (χ1) is 10.6. The Balaban J connectivity index is 1.50. The van der Waals surface area contributed by atoms with Gasteiger partial charge in [-0.25, -0.2) is 0 Å². The van der Waals surface area contributed by atoms with Crippen LogP contribution in [0, 0.1) is 5.92 Å². The van der Waals surface area contributed by atoms with Gasteiger partial charge in [-0.15, -0.1) is 0 Å². The van der Waals surface area contributed by atoms with Gasteiger partial charge in [0.1, 0.15) is 0 Å². The van der Waals surface area contributed by atoms with Gasteiger partial charge in [0.2, 0.25) is 5.91 Å². The van der Waals surface area contributed by atoms with Crippen molar-refractivity contribution in [3.8, 4) is 0 Å². The first-order valence-corrected chi connectivity index (χ1v) is 8.15. The number of hydrogen-bond acceptors (Lipinski definition) is 4. The average molecular weight is 303 g/mol. The highest BCUT2D eigenvalue weighted by Gasteiger charge is 2.38. The lowest BCUT2D eigenvalue weighted by Gasteiger charge is -2.36. The number of nitrogens with one attached hydrogen (secondary N) is 1. The standard InChI is InChI=1S/C17H25N3O2/c1-12(2)16-10-20-9-14(7-15(20)11-22-16)19-17(21)6-13-4-3-5-18-8-13/h3-5,8,12,14-16H,6-7,9-11H2,1-2H3,(H,19,21)/t14-,15-,16+/m0/s1. The normalized spacial score (nSPS) is 28.6. The molecule has 2 aliphatic heterocycles. The van der Waals surface area contributed by atoms with Crippen molar-refractivity contribution in [2.24, 2.45) is 5.92 Å². The van der Waals surface area contributed by atoms with Crippen LogP contribution in [0.25, 0.3) is 0 Å². The number of carbonyl (C=O) groups is 1. The van der Waals surface area contributed by atoms with Gasteiger partial charge in [-0.3, -0.25) is 14.7 Å². The Morgan fingerprint density at radius 2 is 2.36 bits per heavy atom. The number of nitrogens with zero attached hydrogens (tertiary/aromatic N) is 2. The minimum absolute atomic E-state index is 0.0826. The van der Waals surface area contributed by atoms with Crippen molar-refractivity contribution < 1.29 is 9.53 Å². The summed E-state index contributed by atoms with van der Waals surface area (Å²) in [7, 11) is 0. The molecule has 22 heavy (non-hydrogen) atoms. The second-order valence-electron chi connectivity index (χ2n) is 6.76. The van der Waals surface area contributed by atoms with E-state index in [1.54, 1.807) is 12.4 Å². The van der Waals surface area contributed by atoms with Gasteiger partial charge in [0.25, 0.3) is 0 Å². The predicted molar refractivity (Wildman–Crippen MR) is 84.4 cm³/mol. The summed E-state index contributed by atoms with van der Waals surface area (Å²) >= 11 is 0. The van der Waals surface area contributed by atoms with Gasteiger partial charge in [-0.1, -0.05) is 19.9 Å². The molecule has 0 aromatic carbocycles. The fourth-order valence-corrected chi connectivity index (χ4v) is 3.37. The lowest BCUT2D eigenvalue weighted by molar-refractivity contribution is -0.121. The highest BCUT2D eigenvalue weighted by molar-refractivity contribution is 5.78. The molecule has 5 nitrogen and oxygen atoms in total. The summed E-state index contributed by atoms with van der Waals surface area (Å²) in [4.78, 5) is 18.7. The summed E-state index contributed by atoms with van der Waals surface area (Å²) in [5, 5.41) is 3.16. The highest BCUT2D eigenvalue weighted by atomic mass is 16.5. The third kappa shape index (κ3) is 3.65. The Morgan fingerprint density at radius 1 is 1.50 bits per heavy atom. The van der Waals surface area contributed by atoms with Crippen LogP contribution in [-0.2, 0) is 16.0 Å². The molecule has 3 rings (SSSR count). The maximum Gasteiger partial charge on any atom is 0.224 e. The molecule has 0 aliphatic carbocycles. The Hall–Kier alpha value is -1.46. The monoisotopic (exact) mass is 303 g/mol. The highest BCUT2D eigenvalue weighted by Crippen LogP contribution is 2.25. The number of ether oxygens (including phenoxy) is 1. The van der Waals surface area contributed by atoms with Crippen LogP contribution in [0.2, 0.25) is 0 Å². The second kappa shape index (κ2) is 6.75. The van der Waals surface area contributed by atoms with Crippen LogP contribution in [0.3, 0.4) is 0 Å². The van der Waals surface area contributed by atoms with Crippen LogP contribution in [0.4, 0.5) is 0 Å². The molecule has 1 aromatic rings. The minimum atomic E-state index is 0.0826. The van der Waals surface area contributed by atoms with E-state index in [-0.39, 0.29) is 11.9 Å². The van der Waals surface area contributed by atoms with Gasteiger partial charge in [0.15, 0.2) is 0 Å². The summed E-state index contributed by atoms with van der Waals surface area (Å²) in [6, 6.07) is 4.50. The van der Waals surface area contributed by atoms with Gasteiger partial charge >= 0.3 is 0 Å². The molecule has 1 aromatic heterocycles. The zero-order valence-electron chi connectivity index (χ0n) is 13.4. The van der Waals surface area contributed by atoms with Gasteiger partial charge in [0.05, 0.1) is 19.1 Å². The van der Waals surface area contributed by atoms with E-state index >= 15 is 0 Å². The first kappa shape index (κ1) is 15.4. The minimum Gasteiger partial charge on any atom is -0.375 e. The van der Waals surface area contributed by atoms with Gasteiger partial charge in [-0.2, -0.15) is 0 Å². The van der Waals surface area contributed by atoms with E-state index in [4.69, 9.17) is 4.74 Å². The molecular formula is C17H25N3O2. The number of carbonyl (C=O) groups excluding carboxylic acids is 1. The van der Waals surface area contributed by atoms with Crippen molar-refractivity contribution in [3.05, 3.63) is 30.1 Å². The maximum atomic E-state index is 12.2. The molecule has 0 radical (unpaired) electrons. The molecule has 1 N–H and O–H groups in total. The van der Waals surface area contributed by atoms with Crippen LogP contribution >= 0.6 is 0 Å². The van der Waals surface area contributed by atoms with E-state index in [0.717, 1.165) is 31.7 Å². The molecular weight excluding hydrogens is 278 g/mol. The smallest absolute Gasteiger partial charge is 0.224 e. The van der Waals surface area contributed by atoms with E-state index in [2.05, 4.69) is 29.0 Å². The molecule has 120 valence electrons. The molecule has 5 heteroatoms. The van der Waals surface area contributed by atoms with Gasteiger partial charge in [-0.05, 0) is 24.0 Å². The van der Waals surface area contributed by atoms with Crippen molar-refractivity contribution in [3.63, 3.8) is 0 Å². The van der Waals surface area contributed by atoms with E-state index in [9.17, 15) is 4.79 Å². The third-order valence-corrected chi connectivity index (χ3v) is 4.64. The van der Waals surface area contributed by atoms with Crippen LogP contribution in [0.1, 0.15) is 25.8 Å². The molecule has 0 unspecified atom stereocenters. The fraction of sp³-hybridized carbons (Fsp3) is 0.647. The van der Waals surface area contributed by atoms with Crippen LogP contribution in [0.5, 0.6) is 0 Å². The molecule has 0 saturated carbocycles. The number of fused-ring (bicyclic) bond motifs is 1. The summed E-state index contributed by atoms with van der Waals surface area (Å²) in [5.41, 5.74) is 0.957. The predicted octanol–water partition coefficient (Wildman–Crippen LogP) is 1.24. The summed E-state index contributed by atoms with van der Waals surface area (Å²) in [6.45, 7) is 7.12. The third-order valence-electron chi connectivity index (χ3n) is 4.64. The number of aromatic nitrogens is 1. The van der Waals surface area contributed by atoms with E-state index in [1.807, 2.05) is 12.1 Å². The number of amides is 1. The Kier molecular flexibility index (Phi) is 4.74. The SMILES string of the molecule is CC(C)[C@H]1CN2C[C@@H](NC(=O)Cc3cccnc3)C[C@H]2CO1. The van der Waals surface area contributed by atoms with Crippen LogP contribution < -0.4 is 5.32 Å². The molecule has 1 amide bonds. The zero-order chi connectivity index (χ0) is 15.5. The van der Waals surface area contributed by atoms with Crippen molar-refractivity contribution in [1.82, 2.24) is 15.2 Å². The molecule has 2 saturated heterocycles. The van der Waals surface area contributed by atoms with Crippen molar-refractivity contribution >= 4 is 5.91 Å². The van der Waals surface area contributed by atoms with Gasteiger partial charge < -0.3 is 10.1 Å².